The minimum Gasteiger partial charge on any atom is -0.311 e. The van der Waals surface area contributed by atoms with Crippen molar-refractivity contribution in [2.24, 2.45) is 0 Å². The van der Waals surface area contributed by atoms with Crippen LogP contribution in [0.5, 0.6) is 0 Å². The molecule has 1 N–H and O–H groups in total. The molecule has 0 radical (unpaired) electrons. The molecule has 0 spiro atoms. The van der Waals surface area contributed by atoms with Crippen LogP contribution in [0.25, 0.3) is 0 Å². The van der Waals surface area contributed by atoms with E-state index in [4.69, 9.17) is 11.6 Å². The average molecular weight is 311 g/mol. The summed E-state index contributed by atoms with van der Waals surface area (Å²) in [6.07, 6.45) is 1.74. The van der Waals surface area contributed by atoms with Gasteiger partial charge in [0.15, 0.2) is 0 Å². The molecule has 0 aliphatic heterocycles. The van der Waals surface area contributed by atoms with Crippen LogP contribution in [0.15, 0.2) is 47.5 Å². The molecule has 0 aliphatic carbocycles. The summed E-state index contributed by atoms with van der Waals surface area (Å²) in [6, 6.07) is 9.78. The van der Waals surface area contributed by atoms with Crippen molar-refractivity contribution in [3.8, 4) is 0 Å². The Balaban J connectivity index is 1.78. The van der Waals surface area contributed by atoms with Gasteiger partial charge >= 0.3 is 0 Å². The van der Waals surface area contributed by atoms with E-state index in [-0.39, 0.29) is 18.1 Å². The molecule has 0 atom stereocenters. The number of halogens is 2. The summed E-state index contributed by atoms with van der Waals surface area (Å²) in [5.74, 6) is 0.525. The number of pyridine rings is 1. The van der Waals surface area contributed by atoms with Crippen LogP contribution in [-0.2, 0) is 4.79 Å². The average Bonchev–Trinajstić information content (AvgIpc) is 2.43. The molecule has 3 nitrogen and oxygen atoms in total. The molecule has 0 fully saturated rings. The van der Waals surface area contributed by atoms with E-state index in [1.165, 1.54) is 24.0 Å². The van der Waals surface area contributed by atoms with E-state index in [2.05, 4.69) is 10.3 Å². The molecular formula is C14H12ClFN2OS. The number of nitrogens with one attached hydrogen (secondary N) is 1. The fraction of sp³-hybridized carbons (Fsp3) is 0.143. The highest BCUT2D eigenvalue weighted by atomic mass is 35.5. The van der Waals surface area contributed by atoms with E-state index < -0.39 is 0 Å². The first kappa shape index (κ1) is 14.8. The Kier molecular flexibility index (Phi) is 5.38. The maximum Gasteiger partial charge on any atom is 0.226 e. The van der Waals surface area contributed by atoms with E-state index >= 15 is 0 Å². The third-order valence-electron chi connectivity index (χ3n) is 2.42. The smallest absolute Gasteiger partial charge is 0.226 e. The largest absolute Gasteiger partial charge is 0.311 e. The van der Waals surface area contributed by atoms with Crippen molar-refractivity contribution in [1.82, 2.24) is 4.98 Å². The zero-order valence-corrected chi connectivity index (χ0v) is 12.0. The number of benzene rings is 1. The Morgan fingerprint density at radius 2 is 2.10 bits per heavy atom. The minimum absolute atomic E-state index is 0.163. The molecule has 0 saturated carbocycles. The third kappa shape index (κ3) is 4.51. The van der Waals surface area contributed by atoms with Gasteiger partial charge in [0.1, 0.15) is 11.6 Å². The van der Waals surface area contributed by atoms with Gasteiger partial charge in [0.05, 0.1) is 5.02 Å². The van der Waals surface area contributed by atoms with E-state index in [1.807, 2.05) is 0 Å². The Morgan fingerprint density at radius 1 is 1.30 bits per heavy atom. The number of carbonyl (C=O) groups is 1. The second-order valence-electron chi connectivity index (χ2n) is 3.94. The quantitative estimate of drug-likeness (QED) is 0.849. The number of amides is 1. The molecule has 0 aliphatic rings. The van der Waals surface area contributed by atoms with Gasteiger partial charge in [0.25, 0.3) is 0 Å². The van der Waals surface area contributed by atoms with Crippen LogP contribution in [0.1, 0.15) is 6.42 Å². The molecule has 1 heterocycles. The number of nitrogens with zero attached hydrogens (tertiary/aromatic N) is 1. The van der Waals surface area contributed by atoms with Crippen LogP contribution in [0.4, 0.5) is 10.2 Å². The summed E-state index contributed by atoms with van der Waals surface area (Å²) in [5.41, 5.74) is 0. The molecule has 104 valence electrons. The van der Waals surface area contributed by atoms with E-state index in [0.29, 0.717) is 21.5 Å². The fourth-order valence-electron chi connectivity index (χ4n) is 1.47. The van der Waals surface area contributed by atoms with Crippen LogP contribution < -0.4 is 5.32 Å². The van der Waals surface area contributed by atoms with Crippen molar-refractivity contribution in [3.05, 3.63) is 53.4 Å². The lowest BCUT2D eigenvalue weighted by molar-refractivity contribution is -0.115. The molecule has 6 heteroatoms. The maximum atomic E-state index is 13.4. The lowest BCUT2D eigenvalue weighted by Gasteiger charge is -2.05. The standard InChI is InChI=1S/C14H12ClFN2OS/c15-10-5-6-13(17-9-10)18-14(19)7-8-20-12-4-2-1-3-11(12)16/h1-6,9H,7-8H2,(H,17,18,19). The highest BCUT2D eigenvalue weighted by Gasteiger charge is 2.06. The van der Waals surface area contributed by atoms with Crippen molar-refractivity contribution in [1.29, 1.82) is 0 Å². The topological polar surface area (TPSA) is 42.0 Å². The molecule has 0 saturated heterocycles. The minimum atomic E-state index is -0.266. The maximum absolute atomic E-state index is 13.4. The first-order valence-electron chi connectivity index (χ1n) is 5.94. The molecule has 2 aromatic rings. The first-order chi connectivity index (χ1) is 9.65. The van der Waals surface area contributed by atoms with E-state index in [9.17, 15) is 9.18 Å². The summed E-state index contributed by atoms with van der Waals surface area (Å²) < 4.78 is 13.4. The molecule has 20 heavy (non-hydrogen) atoms. The highest BCUT2D eigenvalue weighted by Crippen LogP contribution is 2.21. The van der Waals surface area contributed by atoms with Crippen LogP contribution in [0.3, 0.4) is 0 Å². The predicted molar refractivity (Wildman–Crippen MR) is 79.6 cm³/mol. The second kappa shape index (κ2) is 7.26. The van der Waals surface area contributed by atoms with Gasteiger partial charge in [-0.1, -0.05) is 23.7 Å². The first-order valence-corrected chi connectivity index (χ1v) is 7.30. The van der Waals surface area contributed by atoms with Crippen molar-refractivity contribution >= 4 is 35.1 Å². The van der Waals surface area contributed by atoms with Gasteiger partial charge in [-0.3, -0.25) is 4.79 Å². The van der Waals surface area contributed by atoms with Crippen LogP contribution in [0, 0.1) is 5.82 Å². The summed E-state index contributed by atoms with van der Waals surface area (Å²) in [4.78, 5) is 16.2. The van der Waals surface area contributed by atoms with Crippen molar-refractivity contribution < 1.29 is 9.18 Å². The highest BCUT2D eigenvalue weighted by molar-refractivity contribution is 7.99. The number of hydrogen-bond donors (Lipinski definition) is 1. The van der Waals surface area contributed by atoms with Gasteiger partial charge in [-0.15, -0.1) is 11.8 Å². The van der Waals surface area contributed by atoms with Crippen molar-refractivity contribution in [2.75, 3.05) is 11.1 Å². The van der Waals surface area contributed by atoms with Crippen LogP contribution in [0.2, 0.25) is 5.02 Å². The lowest BCUT2D eigenvalue weighted by atomic mass is 10.3. The van der Waals surface area contributed by atoms with Crippen molar-refractivity contribution in [2.45, 2.75) is 11.3 Å². The van der Waals surface area contributed by atoms with Crippen molar-refractivity contribution in [3.63, 3.8) is 0 Å². The molecular weight excluding hydrogens is 299 g/mol. The van der Waals surface area contributed by atoms with Gasteiger partial charge in [-0.05, 0) is 24.3 Å². The van der Waals surface area contributed by atoms with Gasteiger partial charge in [0.2, 0.25) is 5.91 Å². The Hall–Kier alpha value is -1.59. The lowest BCUT2D eigenvalue weighted by Crippen LogP contribution is -2.13. The summed E-state index contributed by atoms with van der Waals surface area (Å²) in [6.45, 7) is 0. The molecule has 2 rings (SSSR count). The summed E-state index contributed by atoms with van der Waals surface area (Å²) >= 11 is 7.01. The van der Waals surface area contributed by atoms with Gasteiger partial charge < -0.3 is 5.32 Å². The number of rotatable bonds is 5. The SMILES string of the molecule is O=C(CCSc1ccccc1F)Nc1ccc(Cl)cn1. The number of carbonyl (C=O) groups excluding carboxylic acids is 1. The monoisotopic (exact) mass is 310 g/mol. The number of thioether (sulfide) groups is 1. The van der Waals surface area contributed by atoms with E-state index in [0.717, 1.165) is 0 Å². The van der Waals surface area contributed by atoms with Crippen LogP contribution in [-0.4, -0.2) is 16.6 Å². The second-order valence-corrected chi connectivity index (χ2v) is 5.51. The van der Waals surface area contributed by atoms with Gasteiger partial charge in [-0.2, -0.15) is 0 Å². The van der Waals surface area contributed by atoms with Crippen LogP contribution >= 0.6 is 23.4 Å². The number of hydrogen-bond acceptors (Lipinski definition) is 3. The Bertz CT molecular complexity index is 592. The summed E-state index contributed by atoms with van der Waals surface area (Å²) in [7, 11) is 0. The molecule has 1 aromatic heterocycles. The van der Waals surface area contributed by atoms with Gasteiger partial charge in [-0.25, -0.2) is 9.37 Å². The zero-order valence-electron chi connectivity index (χ0n) is 10.5. The summed E-state index contributed by atoms with van der Waals surface area (Å²) in [5, 5.41) is 3.17. The fourth-order valence-corrected chi connectivity index (χ4v) is 2.47. The number of anilines is 1. The zero-order chi connectivity index (χ0) is 14.4. The number of aromatic nitrogens is 1. The van der Waals surface area contributed by atoms with E-state index in [1.54, 1.807) is 30.3 Å². The molecule has 1 amide bonds. The Labute approximate surface area is 125 Å². The molecule has 0 unspecified atom stereocenters. The molecule has 0 bridgehead atoms. The normalized spacial score (nSPS) is 10.3. The Morgan fingerprint density at radius 3 is 2.80 bits per heavy atom. The predicted octanol–water partition coefficient (Wildman–Crippen LogP) is 4.00. The molecule has 1 aromatic carbocycles. The third-order valence-corrected chi connectivity index (χ3v) is 3.69. The van der Waals surface area contributed by atoms with Gasteiger partial charge in [0, 0.05) is 23.3 Å².